The summed E-state index contributed by atoms with van der Waals surface area (Å²) in [6.45, 7) is 9.18. The summed E-state index contributed by atoms with van der Waals surface area (Å²) in [4.78, 5) is 23.6. The number of rotatable bonds is 10. The maximum Gasteiger partial charge on any atom is 0.320 e. The Kier molecular flexibility index (Phi) is 9.28. The smallest absolute Gasteiger partial charge is 0.320 e. The monoisotopic (exact) mass is 625 g/mol. The van der Waals surface area contributed by atoms with Gasteiger partial charge in [-0.2, -0.15) is 0 Å². The molecule has 3 atom stereocenters. The van der Waals surface area contributed by atoms with Crippen LogP contribution < -0.4 is 0 Å². The van der Waals surface area contributed by atoms with E-state index in [0.29, 0.717) is 33.7 Å². The van der Waals surface area contributed by atoms with Gasteiger partial charge in [-0.1, -0.05) is 71.9 Å². The molecule has 0 spiro atoms. The predicted molar refractivity (Wildman–Crippen MR) is 172 cm³/mol. The number of piperidine rings is 1. The number of carboxylic acids is 1. The largest absolute Gasteiger partial charge is 0.480 e. The van der Waals surface area contributed by atoms with E-state index in [1.807, 2.05) is 23.5 Å². The minimum absolute atomic E-state index is 0.355. The molecule has 0 radical (unpaired) electrons. The molecule has 2 saturated heterocycles. The van der Waals surface area contributed by atoms with E-state index in [1.165, 1.54) is 28.8 Å². The third-order valence-electron chi connectivity index (χ3n) is 9.60. The molecule has 0 bridgehead atoms. The van der Waals surface area contributed by atoms with Crippen molar-refractivity contribution < 1.29 is 9.90 Å². The number of nitrogens with zero attached hydrogens (tertiary/aromatic N) is 3. The van der Waals surface area contributed by atoms with Crippen molar-refractivity contribution in [2.45, 2.75) is 70.3 Å². The van der Waals surface area contributed by atoms with E-state index in [9.17, 15) is 9.90 Å². The Morgan fingerprint density at radius 2 is 1.86 bits per heavy atom. The summed E-state index contributed by atoms with van der Waals surface area (Å²) in [6.07, 6.45) is 6.18. The maximum absolute atomic E-state index is 12.3. The second-order valence-corrected chi connectivity index (χ2v) is 14.8. The molecule has 2 aromatic carbocycles. The number of aliphatic carboxylic acids is 1. The minimum Gasteiger partial charge on any atom is -0.480 e. The van der Waals surface area contributed by atoms with Gasteiger partial charge in [-0.25, -0.2) is 4.98 Å². The molecule has 0 amide bonds. The Hall–Kier alpha value is -1.96. The van der Waals surface area contributed by atoms with E-state index in [4.69, 9.17) is 28.2 Å². The molecule has 3 fully saturated rings. The summed E-state index contributed by atoms with van der Waals surface area (Å²) in [6, 6.07) is 14.2. The first kappa shape index (κ1) is 30.1. The zero-order chi connectivity index (χ0) is 29.4. The lowest BCUT2D eigenvalue weighted by molar-refractivity contribution is -0.143. The number of aromatic nitrogens is 1. The van der Waals surface area contributed by atoms with Crippen molar-refractivity contribution in [3.8, 4) is 0 Å². The zero-order valence-corrected chi connectivity index (χ0v) is 26.9. The molecule has 1 aliphatic carbocycles. The third-order valence-corrected chi connectivity index (χ3v) is 11.5. The lowest BCUT2D eigenvalue weighted by Crippen LogP contribution is -2.41. The van der Waals surface area contributed by atoms with Crippen LogP contribution in [0.4, 0.5) is 0 Å². The molecule has 8 heteroatoms. The van der Waals surface area contributed by atoms with Crippen molar-refractivity contribution >= 4 is 40.5 Å². The highest BCUT2D eigenvalue weighted by atomic mass is 35.5. The van der Waals surface area contributed by atoms with Gasteiger partial charge in [-0.15, -0.1) is 11.3 Å². The first-order chi connectivity index (χ1) is 20.2. The summed E-state index contributed by atoms with van der Waals surface area (Å²) in [5.41, 5.74) is 4.85. The molecule has 5 nitrogen and oxygen atoms in total. The molecule has 224 valence electrons. The van der Waals surface area contributed by atoms with E-state index in [0.717, 1.165) is 74.7 Å². The number of carboxylic acid groups (broad SMARTS) is 1. The fraction of sp³-hybridized carbons (Fsp3) is 0.529. The Balaban J connectivity index is 1.11. The van der Waals surface area contributed by atoms with E-state index >= 15 is 0 Å². The summed E-state index contributed by atoms with van der Waals surface area (Å²) < 4.78 is 0. The Morgan fingerprint density at radius 3 is 2.55 bits per heavy atom. The molecule has 0 unspecified atom stereocenters. The lowest BCUT2D eigenvalue weighted by Gasteiger charge is -2.34. The van der Waals surface area contributed by atoms with Gasteiger partial charge >= 0.3 is 5.97 Å². The van der Waals surface area contributed by atoms with Crippen molar-refractivity contribution in [2.75, 3.05) is 32.7 Å². The summed E-state index contributed by atoms with van der Waals surface area (Å²) in [5, 5.41) is 12.6. The average Bonchev–Trinajstić information content (AvgIpc) is 3.58. The number of benzene rings is 2. The molecule has 6 rings (SSSR count). The van der Waals surface area contributed by atoms with E-state index < -0.39 is 5.97 Å². The molecule has 1 aromatic heterocycles. The Labute approximate surface area is 263 Å². The van der Waals surface area contributed by atoms with Gasteiger partial charge in [0, 0.05) is 46.9 Å². The number of hydrogen-bond donors (Lipinski definition) is 1. The van der Waals surface area contributed by atoms with Crippen LogP contribution in [0.3, 0.4) is 0 Å². The molecule has 3 aliphatic rings. The van der Waals surface area contributed by atoms with Gasteiger partial charge in [0.2, 0.25) is 0 Å². The Morgan fingerprint density at radius 1 is 1.07 bits per heavy atom. The van der Waals surface area contributed by atoms with Gasteiger partial charge < -0.3 is 10.0 Å². The van der Waals surface area contributed by atoms with Crippen LogP contribution in [0.25, 0.3) is 0 Å². The number of aryl methyl sites for hydroxylation is 2. The van der Waals surface area contributed by atoms with Gasteiger partial charge in [0.15, 0.2) is 0 Å². The van der Waals surface area contributed by atoms with Gasteiger partial charge in [-0.05, 0) is 87.2 Å². The van der Waals surface area contributed by atoms with Crippen LogP contribution in [0.1, 0.15) is 76.2 Å². The summed E-state index contributed by atoms with van der Waals surface area (Å²) in [5.74, 6) is 1.29. The van der Waals surface area contributed by atoms with Crippen molar-refractivity contribution in [2.24, 2.45) is 11.8 Å². The van der Waals surface area contributed by atoms with Crippen LogP contribution in [0.2, 0.25) is 10.0 Å². The van der Waals surface area contributed by atoms with Crippen LogP contribution >= 0.6 is 34.5 Å². The van der Waals surface area contributed by atoms with Crippen LogP contribution in [-0.2, 0) is 11.2 Å². The predicted octanol–water partition coefficient (Wildman–Crippen LogP) is 7.81. The molecule has 3 heterocycles. The third kappa shape index (κ3) is 7.05. The quantitative estimate of drug-likeness (QED) is 0.249. The van der Waals surface area contributed by atoms with Gasteiger partial charge in [0.1, 0.15) is 6.04 Å². The fourth-order valence-electron chi connectivity index (χ4n) is 7.16. The Bertz CT molecular complexity index is 1420. The van der Waals surface area contributed by atoms with E-state index in [1.54, 1.807) is 6.07 Å². The van der Waals surface area contributed by atoms with Gasteiger partial charge in [0.25, 0.3) is 0 Å². The summed E-state index contributed by atoms with van der Waals surface area (Å²) in [7, 11) is 0. The van der Waals surface area contributed by atoms with Gasteiger partial charge in [0.05, 0.1) is 10.7 Å². The second kappa shape index (κ2) is 13.0. The fourth-order valence-corrected chi connectivity index (χ4v) is 8.89. The number of carbonyl (C=O) groups is 1. The second-order valence-electron chi connectivity index (χ2n) is 12.8. The minimum atomic E-state index is -0.649. The molecule has 3 aromatic rings. The highest BCUT2D eigenvalue weighted by molar-refractivity contribution is 7.11. The van der Waals surface area contributed by atoms with Crippen molar-refractivity contribution in [3.63, 3.8) is 0 Å². The molecule has 42 heavy (non-hydrogen) atoms. The normalized spacial score (nSPS) is 23.0. The topological polar surface area (TPSA) is 56.7 Å². The van der Waals surface area contributed by atoms with Crippen LogP contribution in [-0.4, -0.2) is 64.6 Å². The molecule has 1 saturated carbocycles. The number of likely N-dealkylation sites (tertiary alicyclic amines) is 2. The number of thiazole rings is 1. The summed E-state index contributed by atoms with van der Waals surface area (Å²) >= 11 is 14.4. The lowest BCUT2D eigenvalue weighted by atomic mass is 9.87. The number of halogens is 2. The highest BCUT2D eigenvalue weighted by Crippen LogP contribution is 2.41. The van der Waals surface area contributed by atoms with Crippen LogP contribution in [0.15, 0.2) is 42.5 Å². The average molecular weight is 627 g/mol. The van der Waals surface area contributed by atoms with Crippen molar-refractivity contribution in [3.05, 3.63) is 84.8 Å². The first-order valence-electron chi connectivity index (χ1n) is 15.4. The first-order valence-corrected chi connectivity index (χ1v) is 17.0. The van der Waals surface area contributed by atoms with Crippen LogP contribution in [0.5, 0.6) is 0 Å². The molecular weight excluding hydrogens is 585 g/mol. The SMILES string of the molecule is Cc1cccc([C@H]2CN([C@H](CC3CC3)C(=O)O)C[C@@H]2CN2CCC(c3sc(Cc4ccc(Cl)cc4Cl)nc3C)CC2)c1. The molecule has 1 N–H and O–H groups in total. The van der Waals surface area contributed by atoms with Crippen LogP contribution in [0, 0.1) is 25.7 Å². The molecule has 2 aliphatic heterocycles. The number of hydrogen-bond acceptors (Lipinski definition) is 5. The van der Waals surface area contributed by atoms with E-state index in [2.05, 4.69) is 47.9 Å². The van der Waals surface area contributed by atoms with Crippen molar-refractivity contribution in [1.82, 2.24) is 14.8 Å². The van der Waals surface area contributed by atoms with Crippen molar-refractivity contribution in [1.29, 1.82) is 0 Å². The highest BCUT2D eigenvalue weighted by Gasteiger charge is 2.42. The standard InChI is InChI=1S/C34H41Cl2N3O2S/c1-21-4-3-5-25(14-21)29-20-39(31(34(40)41)15-23-6-7-23)19-27(29)18-38-12-10-24(11-13-38)33-22(2)37-32(42-33)16-26-8-9-28(35)17-30(26)36/h3-5,8-9,14,17,23-24,27,29,31H,6-7,10-13,15-16,18-20H2,1-2H3,(H,40,41)/t27-,29+,31+/m0/s1. The molecular formula is C34H41Cl2N3O2S. The zero-order valence-electron chi connectivity index (χ0n) is 24.6. The maximum atomic E-state index is 12.3. The van der Waals surface area contributed by atoms with Gasteiger partial charge in [-0.3, -0.25) is 9.69 Å². The van der Waals surface area contributed by atoms with E-state index in [-0.39, 0.29) is 6.04 Å².